The second-order valence-corrected chi connectivity index (χ2v) is 8.27. The average Bonchev–Trinajstić information content (AvgIpc) is 3.37. The van der Waals surface area contributed by atoms with E-state index in [1.54, 1.807) is 43.3 Å². The van der Waals surface area contributed by atoms with Crippen molar-refractivity contribution in [2.45, 2.75) is 25.9 Å². The third-order valence-corrected chi connectivity index (χ3v) is 6.23. The number of nitrogens with zero attached hydrogens (tertiary/aromatic N) is 3. The highest BCUT2D eigenvalue weighted by Gasteiger charge is 2.34. The van der Waals surface area contributed by atoms with Crippen LogP contribution in [0.15, 0.2) is 47.3 Å². The first-order valence-electron chi connectivity index (χ1n) is 11.6. The molecule has 1 aliphatic heterocycles. The van der Waals surface area contributed by atoms with Crippen LogP contribution in [-0.4, -0.2) is 59.4 Å². The molecule has 0 aliphatic carbocycles. The summed E-state index contributed by atoms with van der Waals surface area (Å²) >= 11 is 0. The van der Waals surface area contributed by atoms with Gasteiger partial charge in [0.05, 0.1) is 14.2 Å². The number of aromatic hydroxyl groups is 1. The normalized spacial score (nSPS) is 15.2. The van der Waals surface area contributed by atoms with Gasteiger partial charge in [0.25, 0.3) is 11.5 Å². The second-order valence-electron chi connectivity index (χ2n) is 8.27. The lowest BCUT2D eigenvalue weighted by atomic mass is 9.98. The van der Waals surface area contributed by atoms with E-state index in [2.05, 4.69) is 4.98 Å². The van der Waals surface area contributed by atoms with E-state index in [-0.39, 0.29) is 36.4 Å². The number of para-hydroxylation sites is 1. The van der Waals surface area contributed by atoms with Gasteiger partial charge in [-0.25, -0.2) is 4.39 Å². The molecule has 190 valence electrons. The van der Waals surface area contributed by atoms with Gasteiger partial charge in [0.1, 0.15) is 35.4 Å². The Hall–Kier alpha value is -3.92. The van der Waals surface area contributed by atoms with Crippen LogP contribution >= 0.6 is 0 Å². The molecule has 9 nitrogen and oxygen atoms in total. The molecule has 0 bridgehead atoms. The molecule has 1 N–H and O–H groups in total. The minimum atomic E-state index is -0.792. The minimum absolute atomic E-state index is 0.0735. The Bertz CT molecular complexity index is 1300. The molecule has 1 saturated heterocycles. The van der Waals surface area contributed by atoms with Gasteiger partial charge in [-0.15, -0.1) is 0 Å². The molecule has 1 aliphatic rings. The van der Waals surface area contributed by atoms with Gasteiger partial charge in [-0.05, 0) is 37.1 Å². The second kappa shape index (κ2) is 10.8. The minimum Gasteiger partial charge on any atom is -0.494 e. The molecular weight excluding hydrogens is 469 g/mol. The van der Waals surface area contributed by atoms with Crippen molar-refractivity contribution in [2.24, 2.45) is 0 Å². The zero-order valence-corrected chi connectivity index (χ0v) is 20.4. The largest absolute Gasteiger partial charge is 0.494 e. The first-order chi connectivity index (χ1) is 17.4. The lowest BCUT2D eigenvalue weighted by Gasteiger charge is -2.21. The van der Waals surface area contributed by atoms with Crippen molar-refractivity contribution < 1.29 is 28.5 Å². The van der Waals surface area contributed by atoms with Crippen LogP contribution in [0.5, 0.6) is 17.4 Å². The summed E-state index contributed by atoms with van der Waals surface area (Å²) in [5.41, 5.74) is -0.537. The number of likely N-dealkylation sites (tertiary alicyclic amines) is 1. The van der Waals surface area contributed by atoms with Crippen LogP contribution in [0, 0.1) is 5.82 Å². The summed E-state index contributed by atoms with van der Waals surface area (Å²) in [6, 6.07) is 11.4. The maximum Gasteiger partial charge on any atom is 0.275 e. The van der Waals surface area contributed by atoms with Crippen molar-refractivity contribution in [3.63, 3.8) is 0 Å². The smallest absolute Gasteiger partial charge is 0.275 e. The van der Waals surface area contributed by atoms with Crippen molar-refractivity contribution in [1.29, 1.82) is 0 Å². The van der Waals surface area contributed by atoms with Crippen molar-refractivity contribution in [3.8, 4) is 23.1 Å². The zero-order chi connectivity index (χ0) is 25.8. The number of rotatable bonds is 8. The topological polar surface area (TPSA) is 103 Å². The Kier molecular flexibility index (Phi) is 7.54. The molecule has 0 saturated carbocycles. The Labute approximate surface area is 207 Å². The van der Waals surface area contributed by atoms with Crippen molar-refractivity contribution >= 4 is 5.91 Å². The van der Waals surface area contributed by atoms with E-state index >= 15 is 0 Å². The van der Waals surface area contributed by atoms with Gasteiger partial charge in [-0.1, -0.05) is 24.3 Å². The Morgan fingerprint density at radius 2 is 1.83 bits per heavy atom. The summed E-state index contributed by atoms with van der Waals surface area (Å²) in [4.78, 5) is 32.9. The summed E-state index contributed by atoms with van der Waals surface area (Å²) in [5.74, 6) is -1.26. The van der Waals surface area contributed by atoms with Gasteiger partial charge in [0.2, 0.25) is 5.88 Å². The van der Waals surface area contributed by atoms with Crippen LogP contribution in [0.2, 0.25) is 0 Å². The number of aromatic nitrogens is 2. The SMILES string of the molecule is CCOCc1nc(O)c(C(=O)N2CC[C@H](c3ccccc3F)C2)c(=O)n1-c1c(OC)cccc1OC. The standard InChI is InChI=1S/C26H28FN3O6/c1-4-36-15-21-28-24(31)22(26(33)30(21)23-19(34-2)10-7-11-20(23)35-3)25(32)29-13-12-16(14-29)17-8-5-6-9-18(17)27/h5-11,16,31H,4,12-15H2,1-3H3/t16-/m0/s1. The molecule has 1 aromatic heterocycles. The molecule has 3 aromatic rings. The van der Waals surface area contributed by atoms with E-state index in [0.29, 0.717) is 36.6 Å². The molecule has 0 radical (unpaired) electrons. The van der Waals surface area contributed by atoms with Crippen LogP contribution in [0.3, 0.4) is 0 Å². The van der Waals surface area contributed by atoms with E-state index in [9.17, 15) is 19.1 Å². The first-order valence-corrected chi connectivity index (χ1v) is 11.6. The number of carbonyl (C=O) groups is 1. The fourth-order valence-electron chi connectivity index (χ4n) is 4.48. The molecule has 1 fully saturated rings. The van der Waals surface area contributed by atoms with Crippen molar-refractivity contribution in [3.05, 3.63) is 75.6 Å². The molecule has 0 spiro atoms. The molecule has 1 atom stereocenters. The predicted octanol–water partition coefficient (Wildman–Crippen LogP) is 3.26. The molecular formula is C26H28FN3O6. The zero-order valence-electron chi connectivity index (χ0n) is 20.4. The predicted molar refractivity (Wildman–Crippen MR) is 130 cm³/mol. The summed E-state index contributed by atoms with van der Waals surface area (Å²) in [6.07, 6.45) is 0.526. The highest BCUT2D eigenvalue weighted by atomic mass is 19.1. The Balaban J connectivity index is 1.80. The molecule has 0 unspecified atom stereocenters. The number of halogens is 1. The van der Waals surface area contributed by atoms with Gasteiger partial charge < -0.3 is 24.2 Å². The Morgan fingerprint density at radius 1 is 1.14 bits per heavy atom. The van der Waals surface area contributed by atoms with Crippen LogP contribution in [0.1, 0.15) is 41.0 Å². The lowest BCUT2D eigenvalue weighted by molar-refractivity contribution is 0.0782. The Morgan fingerprint density at radius 3 is 2.47 bits per heavy atom. The first kappa shape index (κ1) is 25.2. The van der Waals surface area contributed by atoms with Gasteiger partial charge in [0.15, 0.2) is 5.56 Å². The molecule has 10 heteroatoms. The lowest BCUT2D eigenvalue weighted by Crippen LogP contribution is -2.37. The maximum absolute atomic E-state index is 14.3. The maximum atomic E-state index is 14.3. The third kappa shape index (κ3) is 4.64. The number of ether oxygens (including phenoxy) is 3. The number of hydrogen-bond acceptors (Lipinski definition) is 7. The van der Waals surface area contributed by atoms with Crippen molar-refractivity contribution in [2.75, 3.05) is 33.9 Å². The molecule has 2 heterocycles. The van der Waals surface area contributed by atoms with Crippen LogP contribution in [0.25, 0.3) is 5.69 Å². The van der Waals surface area contributed by atoms with E-state index in [1.165, 1.54) is 29.8 Å². The third-order valence-electron chi connectivity index (χ3n) is 6.23. The molecule has 1 amide bonds. The highest BCUT2D eigenvalue weighted by Crippen LogP contribution is 2.34. The molecule has 4 rings (SSSR count). The van der Waals surface area contributed by atoms with Gasteiger partial charge in [-0.3, -0.25) is 14.2 Å². The number of hydrogen-bond donors (Lipinski definition) is 1. The monoisotopic (exact) mass is 497 g/mol. The van der Waals surface area contributed by atoms with Crippen LogP contribution < -0.4 is 15.0 Å². The molecule has 36 heavy (non-hydrogen) atoms. The van der Waals surface area contributed by atoms with E-state index in [4.69, 9.17) is 14.2 Å². The fourth-order valence-corrected chi connectivity index (χ4v) is 4.48. The van der Waals surface area contributed by atoms with Gasteiger partial charge >= 0.3 is 0 Å². The molecule has 2 aromatic carbocycles. The summed E-state index contributed by atoms with van der Waals surface area (Å²) in [6.45, 7) is 2.52. The van der Waals surface area contributed by atoms with E-state index in [1.807, 2.05) is 0 Å². The highest BCUT2D eigenvalue weighted by molar-refractivity contribution is 5.96. The number of benzene rings is 2. The van der Waals surface area contributed by atoms with Gasteiger partial charge in [-0.2, -0.15) is 4.98 Å². The van der Waals surface area contributed by atoms with Crippen molar-refractivity contribution in [1.82, 2.24) is 14.5 Å². The number of methoxy groups -OCH3 is 2. The van der Waals surface area contributed by atoms with Crippen LogP contribution in [-0.2, 0) is 11.3 Å². The van der Waals surface area contributed by atoms with E-state index < -0.39 is 22.9 Å². The van der Waals surface area contributed by atoms with Gasteiger partial charge in [0, 0.05) is 25.6 Å². The fraction of sp³-hybridized carbons (Fsp3) is 0.346. The summed E-state index contributed by atoms with van der Waals surface area (Å²) in [5, 5.41) is 10.7. The number of carbonyl (C=O) groups excluding carboxylic acids is 1. The van der Waals surface area contributed by atoms with E-state index in [0.717, 1.165) is 0 Å². The quantitative estimate of drug-likeness (QED) is 0.510. The van der Waals surface area contributed by atoms with Crippen LogP contribution in [0.4, 0.5) is 4.39 Å². The average molecular weight is 498 g/mol. The summed E-state index contributed by atoms with van der Waals surface area (Å²) in [7, 11) is 2.89. The number of amides is 1. The summed E-state index contributed by atoms with van der Waals surface area (Å²) < 4.78 is 31.9.